The van der Waals surface area contributed by atoms with E-state index in [0.29, 0.717) is 19.0 Å². The van der Waals surface area contributed by atoms with Crippen LogP contribution in [0.15, 0.2) is 24.3 Å². The number of likely N-dealkylation sites (tertiary alicyclic amines) is 1. The maximum atomic E-state index is 12.7. The number of nitrogens with one attached hydrogen (secondary N) is 1. The Hall–Kier alpha value is -2.04. The van der Waals surface area contributed by atoms with E-state index in [1.807, 2.05) is 24.0 Å². The van der Waals surface area contributed by atoms with Gasteiger partial charge in [-0.15, -0.1) is 0 Å². The molecule has 0 bridgehead atoms. The first kappa shape index (κ1) is 18.7. The maximum Gasteiger partial charge on any atom is 0.225 e. The quantitative estimate of drug-likeness (QED) is 0.848. The molecule has 1 saturated heterocycles. The highest BCUT2D eigenvalue weighted by Gasteiger charge is 2.32. The fourth-order valence-electron chi connectivity index (χ4n) is 4.21. The summed E-state index contributed by atoms with van der Waals surface area (Å²) < 4.78 is 0. The number of carbonyl (C=O) groups is 2. The van der Waals surface area contributed by atoms with E-state index < -0.39 is 0 Å². The van der Waals surface area contributed by atoms with E-state index in [1.54, 1.807) is 12.1 Å². The molecule has 1 aromatic rings. The zero-order valence-corrected chi connectivity index (χ0v) is 15.6. The van der Waals surface area contributed by atoms with Crippen LogP contribution in [0.5, 0.6) is 5.75 Å². The predicted molar refractivity (Wildman–Crippen MR) is 101 cm³/mol. The summed E-state index contributed by atoms with van der Waals surface area (Å²) in [5.74, 6) is 0.817. The maximum absolute atomic E-state index is 12.7. The van der Waals surface area contributed by atoms with Crippen molar-refractivity contribution in [3.05, 3.63) is 29.8 Å². The number of nitrogens with zero attached hydrogens (tertiary/aromatic N) is 1. The Balaban J connectivity index is 1.51. The van der Waals surface area contributed by atoms with Gasteiger partial charge in [-0.25, -0.2) is 0 Å². The van der Waals surface area contributed by atoms with Crippen LogP contribution in [0.25, 0.3) is 0 Å². The Morgan fingerprint density at radius 1 is 1.08 bits per heavy atom. The van der Waals surface area contributed by atoms with Crippen LogP contribution >= 0.6 is 0 Å². The molecule has 2 fully saturated rings. The van der Waals surface area contributed by atoms with Crippen molar-refractivity contribution in [3.8, 4) is 5.75 Å². The van der Waals surface area contributed by atoms with Crippen LogP contribution < -0.4 is 5.32 Å². The Bertz CT molecular complexity index is 615. The Morgan fingerprint density at radius 2 is 1.69 bits per heavy atom. The first-order valence-electron chi connectivity index (χ1n) is 9.96. The summed E-state index contributed by atoms with van der Waals surface area (Å²) >= 11 is 0. The summed E-state index contributed by atoms with van der Waals surface area (Å²) in [6, 6.07) is 6.97. The van der Waals surface area contributed by atoms with Crippen molar-refractivity contribution in [1.29, 1.82) is 0 Å². The molecule has 0 radical (unpaired) electrons. The number of carbonyl (C=O) groups excluding carboxylic acids is 2. The zero-order valence-electron chi connectivity index (χ0n) is 15.6. The lowest BCUT2D eigenvalue weighted by Crippen LogP contribution is -2.45. The average Bonchev–Trinajstić information content (AvgIpc) is 3.21. The van der Waals surface area contributed by atoms with Crippen LogP contribution in [0.1, 0.15) is 63.5 Å². The van der Waals surface area contributed by atoms with Gasteiger partial charge in [-0.3, -0.25) is 9.59 Å². The summed E-state index contributed by atoms with van der Waals surface area (Å²) in [5, 5.41) is 12.6. The second kappa shape index (κ2) is 8.56. The number of amides is 2. The van der Waals surface area contributed by atoms with E-state index in [4.69, 9.17) is 0 Å². The van der Waals surface area contributed by atoms with Gasteiger partial charge in [0, 0.05) is 24.9 Å². The fraction of sp³-hybridized carbons (Fsp3) is 0.619. The Labute approximate surface area is 155 Å². The number of piperidine rings is 1. The van der Waals surface area contributed by atoms with Gasteiger partial charge in [-0.2, -0.15) is 0 Å². The van der Waals surface area contributed by atoms with E-state index in [9.17, 15) is 14.7 Å². The topological polar surface area (TPSA) is 69.6 Å². The minimum atomic E-state index is -0.0405. The lowest BCUT2D eigenvalue weighted by atomic mass is 9.93. The smallest absolute Gasteiger partial charge is 0.225 e. The molecule has 0 aromatic heterocycles. The molecule has 1 aliphatic heterocycles. The molecule has 5 nitrogen and oxygen atoms in total. The number of hydrogen-bond donors (Lipinski definition) is 2. The largest absolute Gasteiger partial charge is 0.508 e. The van der Waals surface area contributed by atoms with Gasteiger partial charge in [0.05, 0.1) is 6.04 Å². The fourth-order valence-corrected chi connectivity index (χ4v) is 4.21. The third kappa shape index (κ3) is 4.37. The van der Waals surface area contributed by atoms with Crippen LogP contribution in [0.4, 0.5) is 0 Å². The summed E-state index contributed by atoms with van der Waals surface area (Å²) in [7, 11) is 0. The van der Waals surface area contributed by atoms with E-state index in [1.165, 1.54) is 12.8 Å². The van der Waals surface area contributed by atoms with E-state index in [0.717, 1.165) is 37.7 Å². The third-order valence-corrected chi connectivity index (χ3v) is 5.90. The minimum absolute atomic E-state index is 0.0196. The number of phenolic OH excluding ortho intramolecular Hbond substituents is 1. The summed E-state index contributed by atoms with van der Waals surface area (Å²) in [6.45, 7) is 3.44. The lowest BCUT2D eigenvalue weighted by Gasteiger charge is -2.33. The second-order valence-corrected chi connectivity index (χ2v) is 7.64. The first-order valence-corrected chi connectivity index (χ1v) is 9.96. The molecule has 5 heteroatoms. The SMILES string of the molecule is CCC(NC(=O)C1CCN(C(=O)C2CCCC2)CC1)c1ccc(O)cc1. The molecule has 1 atom stereocenters. The zero-order chi connectivity index (χ0) is 18.5. The molecule has 0 spiro atoms. The van der Waals surface area contributed by atoms with Crippen LogP contribution in [0.2, 0.25) is 0 Å². The van der Waals surface area contributed by atoms with Gasteiger partial charge in [0.25, 0.3) is 0 Å². The van der Waals surface area contributed by atoms with Crippen molar-refractivity contribution in [2.24, 2.45) is 11.8 Å². The number of aromatic hydroxyl groups is 1. The normalized spacial score (nSPS) is 20.1. The van der Waals surface area contributed by atoms with Crippen molar-refractivity contribution in [2.75, 3.05) is 13.1 Å². The molecule has 2 amide bonds. The van der Waals surface area contributed by atoms with Crippen molar-refractivity contribution >= 4 is 11.8 Å². The van der Waals surface area contributed by atoms with E-state index in [2.05, 4.69) is 5.32 Å². The molecule has 3 rings (SSSR count). The van der Waals surface area contributed by atoms with Crippen LogP contribution in [-0.4, -0.2) is 34.9 Å². The van der Waals surface area contributed by atoms with Crippen LogP contribution in [-0.2, 0) is 9.59 Å². The number of hydrogen-bond acceptors (Lipinski definition) is 3. The highest BCUT2D eigenvalue weighted by molar-refractivity contribution is 5.81. The van der Waals surface area contributed by atoms with Crippen LogP contribution in [0, 0.1) is 11.8 Å². The highest BCUT2D eigenvalue weighted by atomic mass is 16.3. The minimum Gasteiger partial charge on any atom is -0.508 e. The lowest BCUT2D eigenvalue weighted by molar-refractivity contribution is -0.139. The number of rotatable bonds is 5. The molecule has 1 aliphatic carbocycles. The van der Waals surface area contributed by atoms with Crippen molar-refractivity contribution in [2.45, 2.75) is 57.9 Å². The summed E-state index contributed by atoms with van der Waals surface area (Å²) in [5.41, 5.74) is 1.01. The number of benzene rings is 1. The Kier molecular flexibility index (Phi) is 6.17. The van der Waals surface area contributed by atoms with Crippen molar-refractivity contribution in [1.82, 2.24) is 10.2 Å². The summed E-state index contributed by atoms with van der Waals surface area (Å²) in [6.07, 6.45) is 6.70. The molecule has 26 heavy (non-hydrogen) atoms. The van der Waals surface area contributed by atoms with Gasteiger partial charge >= 0.3 is 0 Å². The third-order valence-electron chi connectivity index (χ3n) is 5.90. The van der Waals surface area contributed by atoms with E-state index in [-0.39, 0.29) is 29.5 Å². The molecule has 142 valence electrons. The van der Waals surface area contributed by atoms with Gasteiger partial charge in [-0.05, 0) is 49.8 Å². The van der Waals surface area contributed by atoms with Crippen molar-refractivity contribution in [3.63, 3.8) is 0 Å². The van der Waals surface area contributed by atoms with Crippen LogP contribution in [0.3, 0.4) is 0 Å². The first-order chi connectivity index (χ1) is 12.6. The van der Waals surface area contributed by atoms with Gasteiger partial charge in [0.2, 0.25) is 11.8 Å². The molecular weight excluding hydrogens is 328 g/mol. The molecule has 2 aliphatic rings. The van der Waals surface area contributed by atoms with Gasteiger partial charge in [0.15, 0.2) is 0 Å². The molecule has 1 saturated carbocycles. The molecule has 1 aromatic carbocycles. The summed E-state index contributed by atoms with van der Waals surface area (Å²) in [4.78, 5) is 27.2. The standard InChI is InChI=1S/C21H30N2O3/c1-2-19(15-7-9-18(24)10-8-15)22-20(25)16-11-13-23(14-12-16)21(26)17-5-3-4-6-17/h7-10,16-17,19,24H,2-6,11-14H2,1H3,(H,22,25). The predicted octanol–water partition coefficient (Wildman–Crippen LogP) is 3.39. The monoisotopic (exact) mass is 358 g/mol. The molecule has 2 N–H and O–H groups in total. The van der Waals surface area contributed by atoms with Gasteiger partial charge < -0.3 is 15.3 Å². The average molecular weight is 358 g/mol. The molecule has 1 unspecified atom stereocenters. The van der Waals surface area contributed by atoms with Crippen molar-refractivity contribution < 1.29 is 14.7 Å². The molecular formula is C21H30N2O3. The van der Waals surface area contributed by atoms with E-state index >= 15 is 0 Å². The second-order valence-electron chi connectivity index (χ2n) is 7.64. The number of phenols is 1. The van der Waals surface area contributed by atoms with Gasteiger partial charge in [-0.1, -0.05) is 31.9 Å². The molecule has 1 heterocycles. The van der Waals surface area contributed by atoms with Gasteiger partial charge in [0.1, 0.15) is 5.75 Å². The Morgan fingerprint density at radius 3 is 2.27 bits per heavy atom. The highest BCUT2D eigenvalue weighted by Crippen LogP contribution is 2.29.